The van der Waals surface area contributed by atoms with Gasteiger partial charge in [0, 0.05) is 12.7 Å². The van der Waals surface area contributed by atoms with E-state index in [1.54, 1.807) is 4.68 Å². The molecular weight excluding hydrogens is 202 g/mol. The van der Waals surface area contributed by atoms with Crippen LogP contribution in [0.5, 0.6) is 0 Å². The molecule has 0 bridgehead atoms. The van der Waals surface area contributed by atoms with Gasteiger partial charge in [-0.25, -0.2) is 0 Å². The van der Waals surface area contributed by atoms with Crippen LogP contribution in [0.1, 0.15) is 31.2 Å². The minimum atomic E-state index is -0.655. The van der Waals surface area contributed by atoms with Crippen LogP contribution in [0, 0.1) is 12.8 Å². The fourth-order valence-electron chi connectivity index (χ4n) is 2.10. The Morgan fingerprint density at radius 1 is 1.69 bits per heavy atom. The largest absolute Gasteiger partial charge is 0.319 e. The molecule has 0 spiro atoms. The molecule has 1 saturated carbocycles. The normalized spacial score (nSPS) is 19.5. The average molecular weight is 221 g/mol. The zero-order valence-electron chi connectivity index (χ0n) is 10.2. The number of hydrogen-bond acceptors (Lipinski definition) is 3. The van der Waals surface area contributed by atoms with Crippen LogP contribution in [-0.2, 0) is 18.3 Å². The number of nitrogens with two attached hydrogens (primary N) is 1. The summed E-state index contributed by atoms with van der Waals surface area (Å²) in [5.41, 5.74) is 7.32. The maximum Gasteiger partial charge on any atom is 0.158 e. The number of Topliss-reactive ketones (excluding diaryl/α,β-unsaturated/α-hetero) is 1. The van der Waals surface area contributed by atoms with E-state index >= 15 is 0 Å². The maximum atomic E-state index is 12.1. The molecule has 0 aliphatic heterocycles. The van der Waals surface area contributed by atoms with Crippen LogP contribution in [0.15, 0.2) is 6.07 Å². The van der Waals surface area contributed by atoms with Gasteiger partial charge in [0.15, 0.2) is 5.78 Å². The van der Waals surface area contributed by atoms with Gasteiger partial charge in [-0.3, -0.25) is 9.48 Å². The molecule has 0 aromatic carbocycles. The summed E-state index contributed by atoms with van der Waals surface area (Å²) in [7, 11) is 1.86. The van der Waals surface area contributed by atoms with Gasteiger partial charge in [0.2, 0.25) is 0 Å². The van der Waals surface area contributed by atoms with Crippen LogP contribution in [0.25, 0.3) is 0 Å². The maximum absolute atomic E-state index is 12.1. The molecule has 1 aromatic heterocycles. The van der Waals surface area contributed by atoms with Crippen molar-refractivity contribution in [2.24, 2.45) is 18.7 Å². The van der Waals surface area contributed by atoms with E-state index in [-0.39, 0.29) is 5.78 Å². The molecule has 2 rings (SSSR count). The quantitative estimate of drug-likeness (QED) is 0.824. The molecule has 0 radical (unpaired) electrons. The Morgan fingerprint density at radius 2 is 2.31 bits per heavy atom. The van der Waals surface area contributed by atoms with Crippen molar-refractivity contribution in [2.75, 3.05) is 0 Å². The molecule has 0 saturated heterocycles. The van der Waals surface area contributed by atoms with Gasteiger partial charge in [0.1, 0.15) is 0 Å². The number of hydrogen-bond donors (Lipinski definition) is 1. The lowest BCUT2D eigenvalue weighted by molar-refractivity contribution is -0.123. The highest BCUT2D eigenvalue weighted by atomic mass is 16.1. The fourth-order valence-corrected chi connectivity index (χ4v) is 2.10. The average Bonchev–Trinajstić information content (AvgIpc) is 2.95. The number of aryl methyl sites for hydroxylation is 2. The highest BCUT2D eigenvalue weighted by Gasteiger charge is 2.43. The highest BCUT2D eigenvalue weighted by molar-refractivity contribution is 5.90. The van der Waals surface area contributed by atoms with E-state index in [1.807, 2.05) is 27.0 Å². The third kappa shape index (κ3) is 2.02. The Labute approximate surface area is 95.8 Å². The van der Waals surface area contributed by atoms with Crippen molar-refractivity contribution in [3.63, 3.8) is 0 Å². The van der Waals surface area contributed by atoms with Crippen LogP contribution >= 0.6 is 0 Å². The van der Waals surface area contributed by atoms with E-state index in [4.69, 9.17) is 5.73 Å². The lowest BCUT2D eigenvalue weighted by atomic mass is 9.89. The van der Waals surface area contributed by atoms with Crippen molar-refractivity contribution in [1.82, 2.24) is 9.78 Å². The Kier molecular flexibility index (Phi) is 2.62. The van der Waals surface area contributed by atoms with Crippen LogP contribution in [0.4, 0.5) is 0 Å². The summed E-state index contributed by atoms with van der Waals surface area (Å²) < 4.78 is 1.76. The Hall–Kier alpha value is -1.16. The summed E-state index contributed by atoms with van der Waals surface area (Å²) in [5, 5.41) is 4.23. The summed E-state index contributed by atoms with van der Waals surface area (Å²) in [6.07, 6.45) is 2.56. The van der Waals surface area contributed by atoms with E-state index < -0.39 is 5.54 Å². The van der Waals surface area contributed by atoms with E-state index in [2.05, 4.69) is 5.10 Å². The van der Waals surface area contributed by atoms with Gasteiger partial charge in [-0.1, -0.05) is 0 Å². The molecule has 1 aromatic rings. The number of ketones is 1. The monoisotopic (exact) mass is 221 g/mol. The minimum absolute atomic E-state index is 0.123. The molecule has 1 aliphatic carbocycles. The fraction of sp³-hybridized carbons (Fsp3) is 0.667. The van der Waals surface area contributed by atoms with Crippen molar-refractivity contribution in [2.45, 2.75) is 38.6 Å². The topological polar surface area (TPSA) is 60.9 Å². The second kappa shape index (κ2) is 3.70. The first-order valence-electron chi connectivity index (χ1n) is 5.73. The number of aromatic nitrogens is 2. The summed E-state index contributed by atoms with van der Waals surface area (Å²) in [4.78, 5) is 12.1. The molecule has 0 amide bonds. The predicted octanol–water partition coefficient (Wildman–Crippen LogP) is 0.968. The summed E-state index contributed by atoms with van der Waals surface area (Å²) in [6, 6.07) is 1.95. The summed E-state index contributed by atoms with van der Waals surface area (Å²) in [5.74, 6) is 0.507. The number of nitrogens with zero attached hydrogens (tertiary/aromatic N) is 2. The molecule has 4 nitrogen and oxygen atoms in total. The standard InChI is InChI=1S/C12H19N3O/c1-8-6-10(15(3)14-8)7-11(16)12(2,13)9-4-5-9/h6,9H,4-5,7,13H2,1-3H3. The van der Waals surface area contributed by atoms with Crippen LogP contribution in [-0.4, -0.2) is 21.1 Å². The Bertz CT molecular complexity index is 416. The van der Waals surface area contributed by atoms with Crippen molar-refractivity contribution in [3.8, 4) is 0 Å². The van der Waals surface area contributed by atoms with Crippen molar-refractivity contribution >= 4 is 5.78 Å². The molecular formula is C12H19N3O. The van der Waals surface area contributed by atoms with Gasteiger partial charge in [-0.15, -0.1) is 0 Å². The Balaban J connectivity index is 2.10. The molecule has 88 valence electrons. The van der Waals surface area contributed by atoms with E-state index in [1.165, 1.54) is 0 Å². The van der Waals surface area contributed by atoms with Crippen LogP contribution in [0.2, 0.25) is 0 Å². The first-order chi connectivity index (χ1) is 7.41. The highest BCUT2D eigenvalue weighted by Crippen LogP contribution is 2.38. The first kappa shape index (κ1) is 11.3. The SMILES string of the molecule is Cc1cc(CC(=O)C(C)(N)C2CC2)n(C)n1. The summed E-state index contributed by atoms with van der Waals surface area (Å²) in [6.45, 7) is 3.78. The third-order valence-electron chi connectivity index (χ3n) is 3.47. The molecule has 1 atom stereocenters. The minimum Gasteiger partial charge on any atom is -0.319 e. The van der Waals surface area contributed by atoms with Gasteiger partial charge in [-0.05, 0) is 38.7 Å². The first-order valence-corrected chi connectivity index (χ1v) is 5.73. The van der Waals surface area contributed by atoms with E-state index in [0.29, 0.717) is 12.3 Å². The molecule has 1 unspecified atom stereocenters. The second-order valence-electron chi connectivity index (χ2n) is 5.06. The molecule has 1 heterocycles. The molecule has 1 fully saturated rings. The molecule has 1 aliphatic rings. The zero-order chi connectivity index (χ0) is 11.9. The van der Waals surface area contributed by atoms with Crippen LogP contribution < -0.4 is 5.73 Å². The lowest BCUT2D eigenvalue weighted by Crippen LogP contribution is -2.48. The van der Waals surface area contributed by atoms with Crippen LogP contribution in [0.3, 0.4) is 0 Å². The van der Waals surface area contributed by atoms with Crippen molar-refractivity contribution < 1.29 is 4.79 Å². The summed E-state index contributed by atoms with van der Waals surface area (Å²) >= 11 is 0. The zero-order valence-corrected chi connectivity index (χ0v) is 10.2. The number of rotatable bonds is 4. The van der Waals surface area contributed by atoms with Crippen molar-refractivity contribution in [3.05, 3.63) is 17.5 Å². The third-order valence-corrected chi connectivity index (χ3v) is 3.47. The predicted molar refractivity (Wildman–Crippen MR) is 62.0 cm³/mol. The van der Waals surface area contributed by atoms with Crippen molar-refractivity contribution in [1.29, 1.82) is 0 Å². The van der Waals surface area contributed by atoms with Gasteiger partial charge in [0.05, 0.1) is 17.7 Å². The van der Waals surface area contributed by atoms with E-state index in [9.17, 15) is 4.79 Å². The second-order valence-corrected chi connectivity index (χ2v) is 5.06. The number of carbonyl (C=O) groups excluding carboxylic acids is 1. The lowest BCUT2D eigenvalue weighted by Gasteiger charge is -2.22. The van der Waals surface area contributed by atoms with E-state index in [0.717, 1.165) is 24.2 Å². The molecule has 16 heavy (non-hydrogen) atoms. The smallest absolute Gasteiger partial charge is 0.158 e. The molecule has 4 heteroatoms. The van der Waals surface area contributed by atoms with Gasteiger partial charge >= 0.3 is 0 Å². The van der Waals surface area contributed by atoms with Gasteiger partial charge in [-0.2, -0.15) is 5.10 Å². The Morgan fingerprint density at radius 3 is 2.75 bits per heavy atom. The van der Waals surface area contributed by atoms with Gasteiger partial charge in [0.25, 0.3) is 0 Å². The molecule has 2 N–H and O–H groups in total. The number of carbonyl (C=O) groups is 1. The van der Waals surface area contributed by atoms with Gasteiger partial charge < -0.3 is 5.73 Å².